The molecule has 1 aromatic rings. The van der Waals surface area contributed by atoms with Crippen molar-refractivity contribution in [2.45, 2.75) is 6.54 Å². The number of amidine groups is 1. The van der Waals surface area contributed by atoms with Crippen molar-refractivity contribution in [3.8, 4) is 0 Å². The molecule has 1 aliphatic rings. The molecule has 1 aliphatic heterocycles. The van der Waals surface area contributed by atoms with E-state index in [1.54, 1.807) is 7.05 Å². The number of urea groups is 1. The molecule has 3 N–H and O–H groups in total. The number of hydrogen-bond donors (Lipinski definition) is 2. The number of carbonyl (C=O) groups is 1. The number of carbonyl (C=O) groups excluding carboxylic acids is 1. The molecule has 0 radical (unpaired) electrons. The van der Waals surface area contributed by atoms with Crippen LogP contribution in [0.15, 0.2) is 23.2 Å². The predicted octanol–water partition coefficient (Wildman–Crippen LogP) is 1.57. The number of nitrogens with one attached hydrogen (secondary N) is 1. The second-order valence-electron chi connectivity index (χ2n) is 3.74. The molecule has 6 heteroatoms. The van der Waals surface area contributed by atoms with Crippen LogP contribution in [-0.2, 0) is 6.54 Å². The van der Waals surface area contributed by atoms with Gasteiger partial charge in [0.1, 0.15) is 5.84 Å². The topological polar surface area (TPSA) is 70.7 Å². The molecule has 2 amide bonds. The first-order valence-electron chi connectivity index (χ1n) is 5.16. The Bertz CT molecular complexity index is 486. The van der Waals surface area contributed by atoms with Gasteiger partial charge in [-0.2, -0.15) is 0 Å². The monoisotopic (exact) mass is 252 g/mol. The number of fused-ring (bicyclic) bond motifs is 1. The average molecular weight is 253 g/mol. The Labute approximate surface area is 104 Å². The lowest BCUT2D eigenvalue weighted by Crippen LogP contribution is -2.41. The zero-order valence-corrected chi connectivity index (χ0v) is 10.2. The van der Waals surface area contributed by atoms with Crippen molar-refractivity contribution in [3.05, 3.63) is 23.8 Å². The average Bonchev–Trinajstić information content (AvgIpc) is 2.34. The smallest absolute Gasteiger partial charge is 0.321 e. The van der Waals surface area contributed by atoms with Crippen LogP contribution >= 0.6 is 11.6 Å². The fraction of sp³-hybridized carbons (Fsp3) is 0.273. The number of nitrogens with two attached hydrogens (primary N) is 1. The lowest BCUT2D eigenvalue weighted by molar-refractivity contribution is 0.246. The van der Waals surface area contributed by atoms with E-state index < -0.39 is 0 Å². The van der Waals surface area contributed by atoms with Crippen molar-refractivity contribution >= 4 is 34.8 Å². The molecule has 0 bridgehead atoms. The maximum Gasteiger partial charge on any atom is 0.321 e. The minimum Gasteiger partial charge on any atom is -0.386 e. The molecule has 1 heterocycles. The van der Waals surface area contributed by atoms with E-state index in [2.05, 4.69) is 10.3 Å². The fourth-order valence-corrected chi connectivity index (χ4v) is 1.83. The number of amides is 2. The van der Waals surface area contributed by atoms with Crippen LogP contribution < -0.4 is 16.0 Å². The normalized spacial score (nSPS) is 15.5. The van der Waals surface area contributed by atoms with Crippen LogP contribution in [0.3, 0.4) is 0 Å². The van der Waals surface area contributed by atoms with Crippen molar-refractivity contribution in [1.29, 1.82) is 0 Å². The number of alkyl halides is 1. The van der Waals surface area contributed by atoms with Crippen LogP contribution in [-0.4, -0.2) is 24.8 Å². The molecule has 5 nitrogen and oxygen atoms in total. The summed E-state index contributed by atoms with van der Waals surface area (Å²) in [5.41, 5.74) is 8.07. The Kier molecular flexibility index (Phi) is 3.19. The van der Waals surface area contributed by atoms with Gasteiger partial charge in [0, 0.05) is 13.6 Å². The zero-order chi connectivity index (χ0) is 12.4. The maximum atomic E-state index is 11.6. The SMILES string of the molecule is CN1C(=O)NCc2cccc(N=C(N)CCl)c21. The molecule has 0 aliphatic carbocycles. The molecule has 0 saturated carbocycles. The van der Waals surface area contributed by atoms with E-state index in [1.807, 2.05) is 18.2 Å². The first-order chi connectivity index (χ1) is 8.13. The quantitative estimate of drug-likeness (QED) is 0.477. The third kappa shape index (κ3) is 2.19. The number of benzene rings is 1. The van der Waals surface area contributed by atoms with Crippen LogP contribution in [0.4, 0.5) is 16.2 Å². The Morgan fingerprint density at radius 1 is 1.65 bits per heavy atom. The van der Waals surface area contributed by atoms with Gasteiger partial charge in [-0.05, 0) is 11.6 Å². The molecule has 90 valence electrons. The van der Waals surface area contributed by atoms with Gasteiger partial charge in [0.05, 0.1) is 17.3 Å². The summed E-state index contributed by atoms with van der Waals surface area (Å²) in [5.74, 6) is 0.499. The van der Waals surface area contributed by atoms with Gasteiger partial charge >= 0.3 is 6.03 Å². The van der Waals surface area contributed by atoms with Gasteiger partial charge in [0.25, 0.3) is 0 Å². The molecule has 0 aromatic heterocycles. The molecule has 0 unspecified atom stereocenters. The highest BCUT2D eigenvalue weighted by Crippen LogP contribution is 2.33. The van der Waals surface area contributed by atoms with Crippen molar-refractivity contribution in [1.82, 2.24) is 5.32 Å². The van der Waals surface area contributed by atoms with Crippen molar-refractivity contribution in [3.63, 3.8) is 0 Å². The highest BCUT2D eigenvalue weighted by atomic mass is 35.5. The largest absolute Gasteiger partial charge is 0.386 e. The summed E-state index contributed by atoms with van der Waals surface area (Å²) in [6.45, 7) is 0.503. The van der Waals surface area contributed by atoms with E-state index in [0.29, 0.717) is 18.1 Å². The van der Waals surface area contributed by atoms with Gasteiger partial charge in [0.2, 0.25) is 0 Å². The van der Waals surface area contributed by atoms with Crippen LogP contribution in [0, 0.1) is 0 Å². The summed E-state index contributed by atoms with van der Waals surface area (Å²) in [7, 11) is 1.70. The number of para-hydroxylation sites is 1. The standard InChI is InChI=1S/C11H13ClN4O/c1-16-10-7(6-14-11(16)17)3-2-4-8(10)15-9(13)5-12/h2-4H,5-6H2,1H3,(H2,13,15)(H,14,17). The summed E-state index contributed by atoms with van der Waals surface area (Å²) in [6.07, 6.45) is 0. The molecule has 2 rings (SSSR count). The second kappa shape index (κ2) is 4.63. The van der Waals surface area contributed by atoms with Gasteiger partial charge in [-0.15, -0.1) is 11.6 Å². The van der Waals surface area contributed by atoms with Crippen molar-refractivity contribution in [2.75, 3.05) is 17.8 Å². The van der Waals surface area contributed by atoms with E-state index in [-0.39, 0.29) is 11.9 Å². The third-order valence-corrected chi connectivity index (χ3v) is 2.84. The number of anilines is 1. The lowest BCUT2D eigenvalue weighted by Gasteiger charge is -2.27. The summed E-state index contributed by atoms with van der Waals surface area (Å²) >= 11 is 5.60. The molecule has 0 saturated heterocycles. The van der Waals surface area contributed by atoms with Gasteiger partial charge < -0.3 is 11.1 Å². The minimum absolute atomic E-state index is 0.149. The second-order valence-corrected chi connectivity index (χ2v) is 4.01. The zero-order valence-electron chi connectivity index (χ0n) is 9.40. The molecule has 17 heavy (non-hydrogen) atoms. The van der Waals surface area contributed by atoms with E-state index in [1.165, 1.54) is 4.90 Å². The molecule has 0 atom stereocenters. The Balaban J connectivity index is 2.52. The minimum atomic E-state index is -0.149. The van der Waals surface area contributed by atoms with Crippen LogP contribution in [0.2, 0.25) is 0 Å². The highest BCUT2D eigenvalue weighted by molar-refractivity contribution is 6.28. The summed E-state index contributed by atoms with van der Waals surface area (Å²) in [6, 6.07) is 5.49. The highest BCUT2D eigenvalue weighted by Gasteiger charge is 2.22. The lowest BCUT2D eigenvalue weighted by atomic mass is 10.1. The molecule has 0 fully saturated rings. The van der Waals surface area contributed by atoms with Gasteiger partial charge in [-0.1, -0.05) is 12.1 Å². The number of nitrogens with zero attached hydrogens (tertiary/aromatic N) is 2. The van der Waals surface area contributed by atoms with Crippen molar-refractivity contribution < 1.29 is 4.79 Å². The first-order valence-corrected chi connectivity index (χ1v) is 5.69. The Morgan fingerprint density at radius 2 is 2.41 bits per heavy atom. The van der Waals surface area contributed by atoms with E-state index in [4.69, 9.17) is 17.3 Å². The van der Waals surface area contributed by atoms with Crippen LogP contribution in [0.1, 0.15) is 5.56 Å². The first kappa shape index (κ1) is 11.7. The number of halogens is 1. The molecule has 1 aromatic carbocycles. The molecular formula is C11H13ClN4O. The summed E-state index contributed by atoms with van der Waals surface area (Å²) in [4.78, 5) is 17.3. The fourth-order valence-electron chi connectivity index (χ4n) is 1.77. The molecule has 0 spiro atoms. The van der Waals surface area contributed by atoms with Gasteiger partial charge in [-0.3, -0.25) is 4.90 Å². The summed E-state index contributed by atoms with van der Waals surface area (Å²) in [5, 5.41) is 2.76. The third-order valence-electron chi connectivity index (χ3n) is 2.57. The summed E-state index contributed by atoms with van der Waals surface area (Å²) < 4.78 is 0. The molecular weight excluding hydrogens is 240 g/mol. The predicted molar refractivity (Wildman–Crippen MR) is 69.1 cm³/mol. The Morgan fingerprint density at radius 3 is 3.12 bits per heavy atom. The Hall–Kier alpha value is -1.75. The van der Waals surface area contributed by atoms with Gasteiger partial charge in [0.15, 0.2) is 0 Å². The van der Waals surface area contributed by atoms with Gasteiger partial charge in [-0.25, -0.2) is 9.79 Å². The number of hydrogen-bond acceptors (Lipinski definition) is 2. The van der Waals surface area contributed by atoms with Crippen molar-refractivity contribution in [2.24, 2.45) is 10.7 Å². The number of aliphatic imine (C=N–C) groups is 1. The van der Waals surface area contributed by atoms with E-state index >= 15 is 0 Å². The number of rotatable bonds is 2. The van der Waals surface area contributed by atoms with Crippen LogP contribution in [0.25, 0.3) is 0 Å². The maximum absolute atomic E-state index is 11.6. The van der Waals surface area contributed by atoms with E-state index in [0.717, 1.165) is 11.3 Å². The van der Waals surface area contributed by atoms with Crippen LogP contribution in [0.5, 0.6) is 0 Å². The van der Waals surface area contributed by atoms with E-state index in [9.17, 15) is 4.79 Å².